The van der Waals surface area contributed by atoms with Crippen LogP contribution in [0.1, 0.15) is 31.2 Å². The van der Waals surface area contributed by atoms with Crippen molar-refractivity contribution in [2.45, 2.75) is 37.4 Å². The lowest BCUT2D eigenvalue weighted by atomic mass is 9.97. The first kappa shape index (κ1) is 15.3. The van der Waals surface area contributed by atoms with Gasteiger partial charge in [0.15, 0.2) is 0 Å². The first-order valence-corrected chi connectivity index (χ1v) is 6.99. The molecular formula is C13H14BrF3N2O. The Balaban J connectivity index is 2.27. The van der Waals surface area contributed by atoms with Crippen molar-refractivity contribution in [2.75, 3.05) is 5.32 Å². The van der Waals surface area contributed by atoms with E-state index in [1.54, 1.807) is 0 Å². The van der Waals surface area contributed by atoms with Crippen LogP contribution in [0.15, 0.2) is 22.7 Å². The van der Waals surface area contributed by atoms with E-state index in [1.165, 1.54) is 12.1 Å². The predicted molar refractivity (Wildman–Crippen MR) is 73.2 cm³/mol. The summed E-state index contributed by atoms with van der Waals surface area (Å²) >= 11 is 2.99. The van der Waals surface area contributed by atoms with Crippen LogP contribution in [-0.4, -0.2) is 11.4 Å². The molecule has 1 saturated carbocycles. The highest BCUT2D eigenvalue weighted by molar-refractivity contribution is 9.10. The molecule has 0 unspecified atom stereocenters. The van der Waals surface area contributed by atoms with Gasteiger partial charge in [0.1, 0.15) is 0 Å². The average molecular weight is 351 g/mol. The lowest BCUT2D eigenvalue weighted by molar-refractivity contribution is -0.137. The molecule has 0 aromatic heterocycles. The molecular weight excluding hydrogens is 337 g/mol. The van der Waals surface area contributed by atoms with Crippen molar-refractivity contribution < 1.29 is 18.0 Å². The maximum absolute atomic E-state index is 12.9. The molecule has 1 amide bonds. The van der Waals surface area contributed by atoms with Crippen LogP contribution in [0.25, 0.3) is 0 Å². The highest BCUT2D eigenvalue weighted by atomic mass is 79.9. The Bertz CT molecular complexity index is 525. The zero-order chi connectivity index (χ0) is 15.0. The molecule has 1 fully saturated rings. The van der Waals surface area contributed by atoms with Crippen LogP contribution in [-0.2, 0) is 11.0 Å². The Morgan fingerprint density at radius 3 is 2.45 bits per heavy atom. The van der Waals surface area contributed by atoms with E-state index in [4.69, 9.17) is 5.73 Å². The molecule has 1 aliphatic carbocycles. The van der Waals surface area contributed by atoms with Crippen molar-refractivity contribution in [3.8, 4) is 0 Å². The van der Waals surface area contributed by atoms with Gasteiger partial charge in [-0.3, -0.25) is 4.79 Å². The number of nitrogens with two attached hydrogens (primary N) is 1. The second-order valence-electron chi connectivity index (χ2n) is 5.01. The van der Waals surface area contributed by atoms with Crippen LogP contribution in [0, 0.1) is 0 Å². The van der Waals surface area contributed by atoms with Gasteiger partial charge in [-0.05, 0) is 31.0 Å². The number of anilines is 1. The molecule has 0 aliphatic heterocycles. The molecule has 3 N–H and O–H groups in total. The van der Waals surface area contributed by atoms with E-state index in [2.05, 4.69) is 21.2 Å². The van der Waals surface area contributed by atoms with Crippen LogP contribution in [0.2, 0.25) is 0 Å². The molecule has 110 valence electrons. The smallest absolute Gasteiger partial charge is 0.324 e. The number of hydrogen-bond donors (Lipinski definition) is 2. The third kappa shape index (κ3) is 3.15. The molecule has 0 saturated heterocycles. The maximum atomic E-state index is 12.9. The van der Waals surface area contributed by atoms with Gasteiger partial charge in [-0.25, -0.2) is 0 Å². The summed E-state index contributed by atoms with van der Waals surface area (Å²) in [4.78, 5) is 12.1. The Kier molecular flexibility index (Phi) is 4.11. The lowest BCUT2D eigenvalue weighted by Gasteiger charge is -2.23. The number of halogens is 4. The molecule has 0 atom stereocenters. The van der Waals surface area contributed by atoms with Gasteiger partial charge in [0, 0.05) is 4.47 Å². The quantitative estimate of drug-likeness (QED) is 0.854. The minimum atomic E-state index is -4.54. The minimum Gasteiger partial charge on any atom is -0.324 e. The highest BCUT2D eigenvalue weighted by Gasteiger charge is 2.39. The fraction of sp³-hybridized carbons (Fsp3) is 0.462. The van der Waals surface area contributed by atoms with E-state index in [-0.39, 0.29) is 5.69 Å². The number of carbonyl (C=O) groups is 1. The second-order valence-corrected chi connectivity index (χ2v) is 5.92. The molecule has 1 aromatic rings. The van der Waals surface area contributed by atoms with Crippen molar-refractivity contribution in [3.63, 3.8) is 0 Å². The Morgan fingerprint density at radius 2 is 1.90 bits per heavy atom. The van der Waals surface area contributed by atoms with Crippen LogP contribution in [0.5, 0.6) is 0 Å². The molecule has 20 heavy (non-hydrogen) atoms. The zero-order valence-electron chi connectivity index (χ0n) is 10.6. The highest BCUT2D eigenvalue weighted by Crippen LogP contribution is 2.37. The van der Waals surface area contributed by atoms with Crippen molar-refractivity contribution in [2.24, 2.45) is 5.73 Å². The topological polar surface area (TPSA) is 55.1 Å². The van der Waals surface area contributed by atoms with Gasteiger partial charge >= 0.3 is 6.18 Å². The molecule has 0 bridgehead atoms. The van der Waals surface area contributed by atoms with E-state index in [1.807, 2.05) is 0 Å². The Morgan fingerprint density at radius 1 is 1.30 bits per heavy atom. The van der Waals surface area contributed by atoms with Gasteiger partial charge in [0.05, 0.1) is 16.8 Å². The third-order valence-electron chi connectivity index (χ3n) is 3.48. The monoisotopic (exact) mass is 350 g/mol. The molecule has 2 rings (SSSR count). The van der Waals surface area contributed by atoms with E-state index in [0.717, 1.165) is 18.9 Å². The summed E-state index contributed by atoms with van der Waals surface area (Å²) in [6.45, 7) is 0. The van der Waals surface area contributed by atoms with Crippen molar-refractivity contribution in [3.05, 3.63) is 28.2 Å². The van der Waals surface area contributed by atoms with Crippen LogP contribution < -0.4 is 11.1 Å². The van der Waals surface area contributed by atoms with E-state index >= 15 is 0 Å². The summed E-state index contributed by atoms with van der Waals surface area (Å²) < 4.78 is 39.1. The summed E-state index contributed by atoms with van der Waals surface area (Å²) in [5.41, 5.74) is 3.73. The molecule has 0 heterocycles. The van der Waals surface area contributed by atoms with E-state index in [9.17, 15) is 18.0 Å². The standard InChI is InChI=1S/C13H14BrF3N2O/c14-8-3-4-10(9(7-8)13(15,16)17)19-11(20)12(18)5-1-2-6-12/h3-4,7H,1-2,5-6,18H2,(H,19,20). The summed E-state index contributed by atoms with van der Waals surface area (Å²) in [6.07, 6.45) is -1.91. The number of benzene rings is 1. The van der Waals surface area contributed by atoms with Gasteiger partial charge in [0.2, 0.25) is 5.91 Å². The fourth-order valence-corrected chi connectivity index (χ4v) is 2.70. The second kappa shape index (κ2) is 5.37. The van der Waals surface area contributed by atoms with Gasteiger partial charge in [-0.15, -0.1) is 0 Å². The SMILES string of the molecule is NC1(C(=O)Nc2ccc(Br)cc2C(F)(F)F)CCCC1. The van der Waals surface area contributed by atoms with E-state index in [0.29, 0.717) is 17.3 Å². The summed E-state index contributed by atoms with van der Waals surface area (Å²) in [5.74, 6) is -0.553. The van der Waals surface area contributed by atoms with Gasteiger partial charge < -0.3 is 11.1 Å². The molecule has 1 aliphatic rings. The predicted octanol–water partition coefficient (Wildman–Crippen LogP) is 3.68. The average Bonchev–Trinajstić information content (AvgIpc) is 2.78. The largest absolute Gasteiger partial charge is 0.418 e. The van der Waals surface area contributed by atoms with Crippen molar-refractivity contribution in [1.82, 2.24) is 0 Å². The maximum Gasteiger partial charge on any atom is 0.418 e. The minimum absolute atomic E-state index is 0.262. The number of hydrogen-bond acceptors (Lipinski definition) is 2. The van der Waals surface area contributed by atoms with Crippen molar-refractivity contribution >= 4 is 27.5 Å². The zero-order valence-corrected chi connectivity index (χ0v) is 12.1. The third-order valence-corrected chi connectivity index (χ3v) is 3.98. The van der Waals surface area contributed by atoms with Gasteiger partial charge in [-0.1, -0.05) is 28.8 Å². The summed E-state index contributed by atoms with van der Waals surface area (Å²) in [7, 11) is 0. The summed E-state index contributed by atoms with van der Waals surface area (Å²) in [6, 6.07) is 3.61. The first-order valence-electron chi connectivity index (χ1n) is 6.19. The number of alkyl halides is 3. The molecule has 3 nitrogen and oxygen atoms in total. The number of rotatable bonds is 2. The molecule has 0 radical (unpaired) electrons. The molecule has 7 heteroatoms. The lowest BCUT2D eigenvalue weighted by Crippen LogP contribution is -2.48. The Hall–Kier alpha value is -1.08. The molecule has 1 aromatic carbocycles. The van der Waals surface area contributed by atoms with Gasteiger partial charge in [0.25, 0.3) is 0 Å². The summed E-state index contributed by atoms with van der Waals surface area (Å²) in [5, 5.41) is 2.32. The van der Waals surface area contributed by atoms with Crippen molar-refractivity contribution in [1.29, 1.82) is 0 Å². The van der Waals surface area contributed by atoms with Crippen LogP contribution in [0.4, 0.5) is 18.9 Å². The van der Waals surface area contributed by atoms with E-state index < -0.39 is 23.2 Å². The number of carbonyl (C=O) groups excluding carboxylic acids is 1. The Labute approximate surface area is 122 Å². The van der Waals surface area contributed by atoms with Crippen LogP contribution in [0.3, 0.4) is 0 Å². The fourth-order valence-electron chi connectivity index (χ4n) is 2.34. The first-order chi connectivity index (χ1) is 9.22. The number of nitrogens with one attached hydrogen (secondary N) is 1. The van der Waals surface area contributed by atoms with Gasteiger partial charge in [-0.2, -0.15) is 13.2 Å². The molecule has 0 spiro atoms. The van der Waals surface area contributed by atoms with Crippen LogP contribution >= 0.6 is 15.9 Å². The normalized spacial score (nSPS) is 18.1. The number of amides is 1.